The molecule has 0 heterocycles. The third-order valence-corrected chi connectivity index (χ3v) is 5.45. The SMILES string of the molecule is N[C@@H](CCc1ccccc1)C(=O)N[C@@H](COC(F)F)C(=O)C[C@@H](COC(F)F)C(=O)OCc1ccccc1. The van der Waals surface area contributed by atoms with Crippen LogP contribution in [0.15, 0.2) is 60.7 Å². The predicted molar refractivity (Wildman–Crippen MR) is 128 cm³/mol. The lowest BCUT2D eigenvalue weighted by Gasteiger charge is -2.22. The van der Waals surface area contributed by atoms with Crippen LogP contribution in [0.5, 0.6) is 0 Å². The van der Waals surface area contributed by atoms with E-state index in [1.165, 1.54) is 0 Å². The number of halogens is 4. The first-order valence-electron chi connectivity index (χ1n) is 11.8. The summed E-state index contributed by atoms with van der Waals surface area (Å²) in [5, 5.41) is 2.26. The van der Waals surface area contributed by atoms with Gasteiger partial charge in [0.2, 0.25) is 5.91 Å². The molecular weight excluding hydrogens is 512 g/mol. The largest absolute Gasteiger partial charge is 0.461 e. The number of nitrogens with one attached hydrogen (secondary N) is 1. The zero-order valence-electron chi connectivity index (χ0n) is 20.4. The molecule has 38 heavy (non-hydrogen) atoms. The van der Waals surface area contributed by atoms with Crippen molar-refractivity contribution in [1.82, 2.24) is 5.32 Å². The molecule has 0 bridgehead atoms. The molecule has 2 aromatic rings. The topological polar surface area (TPSA) is 117 Å². The van der Waals surface area contributed by atoms with Crippen molar-refractivity contribution in [3.05, 3.63) is 71.8 Å². The van der Waals surface area contributed by atoms with Crippen LogP contribution in [0, 0.1) is 5.92 Å². The lowest BCUT2D eigenvalue weighted by atomic mass is 9.98. The highest BCUT2D eigenvalue weighted by molar-refractivity contribution is 5.92. The van der Waals surface area contributed by atoms with E-state index in [9.17, 15) is 31.9 Å². The number of nitrogens with two attached hydrogens (primary N) is 1. The van der Waals surface area contributed by atoms with E-state index in [1.807, 2.05) is 30.3 Å². The Bertz CT molecular complexity index is 998. The number of esters is 1. The molecule has 0 radical (unpaired) electrons. The van der Waals surface area contributed by atoms with Crippen molar-refractivity contribution in [3.63, 3.8) is 0 Å². The Morgan fingerprint density at radius 2 is 1.37 bits per heavy atom. The Labute approximate surface area is 217 Å². The van der Waals surface area contributed by atoms with Gasteiger partial charge in [-0.15, -0.1) is 0 Å². The Hall–Kier alpha value is -3.35. The van der Waals surface area contributed by atoms with Gasteiger partial charge >= 0.3 is 19.2 Å². The van der Waals surface area contributed by atoms with Crippen LogP contribution >= 0.6 is 0 Å². The standard InChI is InChI=1S/C26H30F4N2O6/c27-25(28)37-15-19(24(35)36-14-18-9-5-2-6-10-18)13-22(33)21(16-38-26(29)30)32-23(34)20(31)12-11-17-7-3-1-4-8-17/h1-10,19-21,25-26H,11-16,31H2,(H,32,34)/t19-,20-,21-/m0/s1. The molecule has 3 N–H and O–H groups in total. The first kappa shape index (κ1) is 30.9. The smallest absolute Gasteiger partial charge is 0.345 e. The normalized spacial score (nSPS) is 13.7. The molecule has 0 saturated carbocycles. The van der Waals surface area contributed by atoms with E-state index < -0.39 is 68.5 Å². The quantitative estimate of drug-likeness (QED) is 0.233. The molecule has 1 amide bonds. The van der Waals surface area contributed by atoms with Gasteiger partial charge < -0.3 is 25.3 Å². The van der Waals surface area contributed by atoms with Crippen LogP contribution in [-0.2, 0) is 41.6 Å². The van der Waals surface area contributed by atoms with Crippen molar-refractivity contribution in [3.8, 4) is 0 Å². The summed E-state index contributed by atoms with van der Waals surface area (Å²) in [6, 6.07) is 14.9. The number of aryl methyl sites for hydroxylation is 1. The van der Waals surface area contributed by atoms with Gasteiger partial charge in [0, 0.05) is 6.42 Å². The fraction of sp³-hybridized carbons (Fsp3) is 0.423. The number of rotatable bonds is 17. The Morgan fingerprint density at radius 1 is 0.816 bits per heavy atom. The highest BCUT2D eigenvalue weighted by Crippen LogP contribution is 2.14. The second-order valence-corrected chi connectivity index (χ2v) is 8.34. The number of ether oxygens (including phenoxy) is 3. The summed E-state index contributed by atoms with van der Waals surface area (Å²) >= 11 is 0. The fourth-order valence-electron chi connectivity index (χ4n) is 3.39. The second-order valence-electron chi connectivity index (χ2n) is 8.34. The van der Waals surface area contributed by atoms with E-state index in [1.54, 1.807) is 30.3 Å². The molecule has 0 unspecified atom stereocenters. The van der Waals surface area contributed by atoms with E-state index >= 15 is 0 Å². The number of carbonyl (C=O) groups excluding carboxylic acids is 3. The molecule has 208 valence electrons. The van der Waals surface area contributed by atoms with Gasteiger partial charge in [0.25, 0.3) is 0 Å². The number of benzene rings is 2. The molecule has 0 aliphatic carbocycles. The number of hydrogen-bond acceptors (Lipinski definition) is 7. The zero-order valence-corrected chi connectivity index (χ0v) is 20.4. The van der Waals surface area contributed by atoms with E-state index in [0.29, 0.717) is 12.0 Å². The minimum absolute atomic E-state index is 0.191. The molecular formula is C26H30F4N2O6. The fourth-order valence-corrected chi connectivity index (χ4v) is 3.39. The summed E-state index contributed by atoms with van der Waals surface area (Å²) < 4.78 is 64.2. The Balaban J connectivity index is 2.03. The number of alkyl halides is 4. The molecule has 0 spiro atoms. The Kier molecular flexibility index (Phi) is 13.4. The monoisotopic (exact) mass is 542 g/mol. The maximum atomic E-state index is 12.9. The van der Waals surface area contributed by atoms with E-state index in [-0.39, 0.29) is 13.0 Å². The van der Waals surface area contributed by atoms with Gasteiger partial charge in [-0.05, 0) is 24.0 Å². The van der Waals surface area contributed by atoms with Crippen LogP contribution in [0.3, 0.4) is 0 Å². The van der Waals surface area contributed by atoms with E-state index in [4.69, 9.17) is 10.5 Å². The van der Waals surface area contributed by atoms with Crippen molar-refractivity contribution < 1.29 is 46.2 Å². The first-order chi connectivity index (χ1) is 18.2. The van der Waals surface area contributed by atoms with Crippen molar-refractivity contribution in [2.75, 3.05) is 13.2 Å². The van der Waals surface area contributed by atoms with Gasteiger partial charge in [-0.3, -0.25) is 14.4 Å². The summed E-state index contributed by atoms with van der Waals surface area (Å²) in [5.74, 6) is -4.22. The minimum atomic E-state index is -3.25. The van der Waals surface area contributed by atoms with E-state index in [2.05, 4.69) is 14.8 Å². The van der Waals surface area contributed by atoms with Crippen LogP contribution in [0.4, 0.5) is 17.6 Å². The molecule has 0 aliphatic rings. The van der Waals surface area contributed by atoms with Gasteiger partial charge in [-0.2, -0.15) is 17.6 Å². The van der Waals surface area contributed by atoms with Crippen LogP contribution in [-0.4, -0.2) is 56.2 Å². The third kappa shape index (κ3) is 11.8. The zero-order chi connectivity index (χ0) is 27.9. The Morgan fingerprint density at radius 3 is 1.95 bits per heavy atom. The number of carbonyl (C=O) groups is 3. The maximum Gasteiger partial charge on any atom is 0.345 e. The second kappa shape index (κ2) is 16.5. The van der Waals surface area contributed by atoms with Crippen LogP contribution in [0.25, 0.3) is 0 Å². The van der Waals surface area contributed by atoms with Crippen LogP contribution < -0.4 is 11.1 Å². The summed E-state index contributed by atoms with van der Waals surface area (Å²) in [5.41, 5.74) is 7.43. The molecule has 12 heteroatoms. The van der Waals surface area contributed by atoms with Crippen molar-refractivity contribution >= 4 is 17.7 Å². The van der Waals surface area contributed by atoms with Crippen molar-refractivity contribution in [1.29, 1.82) is 0 Å². The van der Waals surface area contributed by atoms with Crippen LogP contribution in [0.1, 0.15) is 24.0 Å². The van der Waals surface area contributed by atoms with Gasteiger partial charge in [0.1, 0.15) is 12.6 Å². The minimum Gasteiger partial charge on any atom is -0.461 e. The molecule has 2 aromatic carbocycles. The molecule has 0 fully saturated rings. The lowest BCUT2D eigenvalue weighted by molar-refractivity contribution is -0.167. The highest BCUT2D eigenvalue weighted by atomic mass is 19.3. The van der Waals surface area contributed by atoms with Gasteiger partial charge in [-0.1, -0.05) is 60.7 Å². The van der Waals surface area contributed by atoms with Gasteiger partial charge in [0.05, 0.1) is 25.2 Å². The first-order valence-corrected chi connectivity index (χ1v) is 11.8. The van der Waals surface area contributed by atoms with Crippen molar-refractivity contribution in [2.24, 2.45) is 11.7 Å². The molecule has 8 nitrogen and oxygen atoms in total. The molecule has 0 aliphatic heterocycles. The number of ketones is 1. The summed E-state index contributed by atoms with van der Waals surface area (Å²) in [6.45, 7) is -8.46. The van der Waals surface area contributed by atoms with Crippen LogP contribution in [0.2, 0.25) is 0 Å². The van der Waals surface area contributed by atoms with Crippen molar-refractivity contribution in [2.45, 2.75) is 51.2 Å². The number of hydrogen-bond donors (Lipinski definition) is 2. The summed E-state index contributed by atoms with van der Waals surface area (Å²) in [4.78, 5) is 38.0. The number of Topliss-reactive ketones (excluding diaryl/α,β-unsaturated/α-hetero) is 1. The average molecular weight is 543 g/mol. The molecule has 0 saturated heterocycles. The molecule has 3 atom stereocenters. The number of amides is 1. The lowest BCUT2D eigenvalue weighted by Crippen LogP contribution is -2.51. The molecule has 2 rings (SSSR count). The van der Waals surface area contributed by atoms with E-state index in [0.717, 1.165) is 5.56 Å². The van der Waals surface area contributed by atoms with Gasteiger partial charge in [-0.25, -0.2) is 0 Å². The van der Waals surface area contributed by atoms with Gasteiger partial charge in [0.15, 0.2) is 5.78 Å². The third-order valence-electron chi connectivity index (χ3n) is 5.45. The maximum absolute atomic E-state index is 12.9. The summed E-state index contributed by atoms with van der Waals surface area (Å²) in [7, 11) is 0. The predicted octanol–water partition coefficient (Wildman–Crippen LogP) is 3.23. The average Bonchev–Trinajstić information content (AvgIpc) is 2.91. The summed E-state index contributed by atoms with van der Waals surface area (Å²) in [6.07, 6.45) is -0.0951. The highest BCUT2D eigenvalue weighted by Gasteiger charge is 2.31. The molecule has 0 aromatic heterocycles.